The molecular weight excluding hydrogens is 262 g/mol. The molecule has 1 atom stereocenters. The van der Waals surface area contributed by atoms with Crippen molar-refractivity contribution < 1.29 is 4.74 Å². The number of nitrogens with one attached hydrogen (secondary N) is 1. The summed E-state index contributed by atoms with van der Waals surface area (Å²) in [6.45, 7) is 5.97. The maximum absolute atomic E-state index is 5.91. The lowest BCUT2D eigenvalue weighted by Crippen LogP contribution is -2.26. The molecule has 1 heterocycles. The number of imidazole rings is 1. The van der Waals surface area contributed by atoms with Crippen molar-refractivity contribution in [3.63, 3.8) is 0 Å². The molecule has 1 N–H and O–H groups in total. The van der Waals surface area contributed by atoms with Crippen molar-refractivity contribution in [3.05, 3.63) is 48.0 Å². The smallest absolute Gasteiger partial charge is 0.130 e. The highest BCUT2D eigenvalue weighted by atomic mass is 16.5. The van der Waals surface area contributed by atoms with Gasteiger partial charge >= 0.3 is 0 Å². The minimum Gasteiger partial charge on any atom is -0.493 e. The number of nitrogens with zero attached hydrogens (tertiary/aromatic N) is 2. The summed E-state index contributed by atoms with van der Waals surface area (Å²) >= 11 is 0. The molecule has 114 valence electrons. The first-order chi connectivity index (χ1) is 10.3. The van der Waals surface area contributed by atoms with Crippen molar-refractivity contribution in [2.75, 3.05) is 13.2 Å². The van der Waals surface area contributed by atoms with E-state index in [1.807, 2.05) is 31.6 Å². The van der Waals surface area contributed by atoms with Crippen LogP contribution in [-0.2, 0) is 7.05 Å². The topological polar surface area (TPSA) is 39.1 Å². The molecule has 0 bridgehead atoms. The van der Waals surface area contributed by atoms with Gasteiger partial charge in [-0.05, 0) is 25.5 Å². The Bertz CT molecular complexity index is 550. The van der Waals surface area contributed by atoms with Crippen LogP contribution < -0.4 is 10.1 Å². The molecule has 0 radical (unpaired) electrons. The summed E-state index contributed by atoms with van der Waals surface area (Å²) in [6.07, 6.45) is 5.90. The fourth-order valence-corrected chi connectivity index (χ4v) is 2.35. The number of ether oxygens (including phenoxy) is 1. The van der Waals surface area contributed by atoms with E-state index >= 15 is 0 Å². The number of rotatable bonds is 8. The Labute approximate surface area is 127 Å². The SMILES string of the molecule is CCCNC(c1ccccc1OCCC)c1nccn1C. The molecule has 1 unspecified atom stereocenters. The average Bonchev–Trinajstić information content (AvgIpc) is 2.93. The monoisotopic (exact) mass is 287 g/mol. The van der Waals surface area contributed by atoms with Gasteiger partial charge in [0.15, 0.2) is 0 Å². The summed E-state index contributed by atoms with van der Waals surface area (Å²) in [5, 5.41) is 3.58. The van der Waals surface area contributed by atoms with E-state index in [4.69, 9.17) is 4.74 Å². The number of hydrogen-bond acceptors (Lipinski definition) is 3. The van der Waals surface area contributed by atoms with Gasteiger partial charge in [0.25, 0.3) is 0 Å². The molecule has 1 aromatic carbocycles. The first kappa shape index (κ1) is 15.6. The normalized spacial score (nSPS) is 12.3. The first-order valence-corrected chi connectivity index (χ1v) is 7.70. The highest BCUT2D eigenvalue weighted by molar-refractivity contribution is 5.39. The summed E-state index contributed by atoms with van der Waals surface area (Å²) in [5.74, 6) is 1.95. The standard InChI is InChI=1S/C17H25N3O/c1-4-10-18-16(17-19-11-12-20(17)3)14-8-6-7-9-15(14)21-13-5-2/h6-9,11-12,16,18H,4-5,10,13H2,1-3H3. The largest absolute Gasteiger partial charge is 0.493 e. The Kier molecular flexibility index (Phi) is 5.81. The zero-order chi connectivity index (χ0) is 15.1. The third-order valence-corrected chi connectivity index (χ3v) is 3.41. The van der Waals surface area contributed by atoms with E-state index < -0.39 is 0 Å². The van der Waals surface area contributed by atoms with E-state index in [0.717, 1.165) is 43.1 Å². The molecule has 0 saturated heterocycles. The molecule has 2 aromatic rings. The lowest BCUT2D eigenvalue weighted by Gasteiger charge is -2.21. The number of aromatic nitrogens is 2. The third kappa shape index (κ3) is 3.85. The van der Waals surface area contributed by atoms with Crippen molar-refractivity contribution in [3.8, 4) is 5.75 Å². The third-order valence-electron chi connectivity index (χ3n) is 3.41. The van der Waals surface area contributed by atoms with Gasteiger partial charge in [-0.1, -0.05) is 32.0 Å². The molecule has 1 aromatic heterocycles. The molecule has 4 nitrogen and oxygen atoms in total. The van der Waals surface area contributed by atoms with Crippen LogP contribution in [0.1, 0.15) is 44.1 Å². The van der Waals surface area contributed by atoms with Gasteiger partial charge in [-0.3, -0.25) is 0 Å². The van der Waals surface area contributed by atoms with E-state index in [1.54, 1.807) is 0 Å². The second kappa shape index (κ2) is 7.84. The van der Waals surface area contributed by atoms with Gasteiger partial charge in [0.2, 0.25) is 0 Å². The van der Waals surface area contributed by atoms with Crippen LogP contribution in [0.25, 0.3) is 0 Å². The molecule has 4 heteroatoms. The van der Waals surface area contributed by atoms with E-state index in [2.05, 4.69) is 40.8 Å². The van der Waals surface area contributed by atoms with E-state index in [-0.39, 0.29) is 6.04 Å². The molecule has 0 aliphatic carbocycles. The number of benzene rings is 1. The lowest BCUT2D eigenvalue weighted by molar-refractivity contribution is 0.311. The van der Waals surface area contributed by atoms with Gasteiger partial charge in [0.05, 0.1) is 12.6 Å². The summed E-state index contributed by atoms with van der Waals surface area (Å²) < 4.78 is 7.97. The molecule has 0 fully saturated rings. The predicted octanol–water partition coefficient (Wildman–Crippen LogP) is 3.30. The first-order valence-electron chi connectivity index (χ1n) is 7.70. The van der Waals surface area contributed by atoms with Gasteiger partial charge in [-0.15, -0.1) is 0 Å². The Morgan fingerprint density at radius 1 is 1.24 bits per heavy atom. The second-order valence-electron chi connectivity index (χ2n) is 5.17. The van der Waals surface area contributed by atoms with Crippen LogP contribution in [0, 0.1) is 0 Å². The van der Waals surface area contributed by atoms with Crippen molar-refractivity contribution in [1.82, 2.24) is 14.9 Å². The van der Waals surface area contributed by atoms with E-state index in [0.29, 0.717) is 0 Å². The van der Waals surface area contributed by atoms with Gasteiger partial charge in [-0.2, -0.15) is 0 Å². The Morgan fingerprint density at radius 3 is 2.71 bits per heavy atom. The van der Waals surface area contributed by atoms with Crippen LogP contribution in [0.3, 0.4) is 0 Å². The number of hydrogen-bond donors (Lipinski definition) is 1. The van der Waals surface area contributed by atoms with Crippen molar-refractivity contribution >= 4 is 0 Å². The quantitative estimate of drug-likeness (QED) is 0.809. The Balaban J connectivity index is 2.34. The molecule has 0 saturated carbocycles. The van der Waals surface area contributed by atoms with Crippen LogP contribution in [0.5, 0.6) is 5.75 Å². The number of aryl methyl sites for hydroxylation is 1. The van der Waals surface area contributed by atoms with Crippen molar-refractivity contribution in [1.29, 1.82) is 0 Å². The predicted molar refractivity (Wildman–Crippen MR) is 85.6 cm³/mol. The van der Waals surface area contributed by atoms with Crippen LogP contribution in [-0.4, -0.2) is 22.7 Å². The van der Waals surface area contributed by atoms with Gasteiger partial charge in [0.1, 0.15) is 11.6 Å². The van der Waals surface area contributed by atoms with Gasteiger partial charge < -0.3 is 14.6 Å². The minimum absolute atomic E-state index is 0.0537. The molecular formula is C17H25N3O. The zero-order valence-corrected chi connectivity index (χ0v) is 13.2. The fourth-order valence-electron chi connectivity index (χ4n) is 2.35. The summed E-state index contributed by atoms with van der Waals surface area (Å²) in [5.41, 5.74) is 1.15. The molecule has 0 spiro atoms. The highest BCUT2D eigenvalue weighted by Crippen LogP contribution is 2.29. The molecule has 21 heavy (non-hydrogen) atoms. The maximum Gasteiger partial charge on any atom is 0.130 e. The van der Waals surface area contributed by atoms with Crippen LogP contribution >= 0.6 is 0 Å². The minimum atomic E-state index is 0.0537. The van der Waals surface area contributed by atoms with Crippen LogP contribution in [0.15, 0.2) is 36.7 Å². The van der Waals surface area contributed by atoms with Crippen LogP contribution in [0.4, 0.5) is 0 Å². The molecule has 0 aliphatic heterocycles. The highest BCUT2D eigenvalue weighted by Gasteiger charge is 2.21. The van der Waals surface area contributed by atoms with Crippen molar-refractivity contribution in [2.24, 2.45) is 7.05 Å². The summed E-state index contributed by atoms with van der Waals surface area (Å²) in [6, 6.07) is 8.28. The zero-order valence-electron chi connectivity index (χ0n) is 13.2. The number of para-hydroxylation sites is 1. The summed E-state index contributed by atoms with van der Waals surface area (Å²) in [7, 11) is 2.03. The lowest BCUT2D eigenvalue weighted by atomic mass is 10.0. The average molecular weight is 287 g/mol. The summed E-state index contributed by atoms with van der Waals surface area (Å²) in [4.78, 5) is 4.51. The molecule has 0 aliphatic rings. The van der Waals surface area contributed by atoms with Gasteiger partial charge in [-0.25, -0.2) is 4.98 Å². The second-order valence-corrected chi connectivity index (χ2v) is 5.17. The molecule has 0 amide bonds. The maximum atomic E-state index is 5.91. The van der Waals surface area contributed by atoms with Gasteiger partial charge in [0, 0.05) is 25.0 Å². The molecule has 2 rings (SSSR count). The fraction of sp³-hybridized carbons (Fsp3) is 0.471. The Hall–Kier alpha value is -1.81. The van der Waals surface area contributed by atoms with Crippen LogP contribution in [0.2, 0.25) is 0 Å². The van der Waals surface area contributed by atoms with E-state index in [9.17, 15) is 0 Å². The Morgan fingerprint density at radius 2 is 2.05 bits per heavy atom. The van der Waals surface area contributed by atoms with E-state index in [1.165, 1.54) is 0 Å². The van der Waals surface area contributed by atoms with Crippen molar-refractivity contribution in [2.45, 2.75) is 32.7 Å².